The van der Waals surface area contributed by atoms with Crippen LogP contribution in [0.15, 0.2) is 84.0 Å². The summed E-state index contributed by atoms with van der Waals surface area (Å²) < 4.78 is 5.35. The van der Waals surface area contributed by atoms with Crippen molar-refractivity contribution in [3.05, 3.63) is 84.0 Å². The molecule has 3 aliphatic carbocycles. The summed E-state index contributed by atoms with van der Waals surface area (Å²) in [6.07, 6.45) is 21.8. The molecule has 4 rings (SSSR count). The first kappa shape index (κ1) is 27.2. The van der Waals surface area contributed by atoms with E-state index in [0.717, 1.165) is 0 Å². The van der Waals surface area contributed by atoms with Crippen LogP contribution in [0.5, 0.6) is 0 Å². The smallest absolute Gasteiger partial charge is 0.248 e. The van der Waals surface area contributed by atoms with Crippen LogP contribution in [-0.2, 0) is 23.9 Å². The molecule has 9 nitrogen and oxygen atoms in total. The van der Waals surface area contributed by atoms with Crippen molar-refractivity contribution in [2.24, 2.45) is 5.92 Å². The van der Waals surface area contributed by atoms with Crippen LogP contribution in [0.2, 0.25) is 0 Å². The molecular weight excluding hydrogens is 488 g/mol. The molecule has 0 spiro atoms. The van der Waals surface area contributed by atoms with Gasteiger partial charge in [-0.2, -0.15) is 0 Å². The van der Waals surface area contributed by atoms with Gasteiger partial charge in [0.15, 0.2) is 11.9 Å². The summed E-state index contributed by atoms with van der Waals surface area (Å²) >= 11 is 0. The summed E-state index contributed by atoms with van der Waals surface area (Å²) in [5, 5.41) is 25.5. The standard InChI is InChI=1S/C29H32N2O7/c32-21-15-16-22(33)25(21)31-24(35)13-6-1-2-9-17-29(37)18-20(26(36)27-28(29)38-27)30-23(34)14-8-7-12-19-10-4-3-5-11-19/h1-2,6-9,12-14,17-19,27-28,32,37H,3-5,10-11,15-16H2,(H,30,34)(H,31,35)/b2-1+,12-7+,13-6+,14-8+,17-9+/t27-,28-,29+/m1/s1. The molecular formula is C29H32N2O7. The summed E-state index contributed by atoms with van der Waals surface area (Å²) in [6, 6.07) is 0. The molecule has 4 N–H and O–H groups in total. The fourth-order valence-corrected chi connectivity index (χ4v) is 4.74. The number of fused-ring (bicyclic) bond motifs is 1. The molecule has 9 heteroatoms. The van der Waals surface area contributed by atoms with Gasteiger partial charge in [-0.25, -0.2) is 0 Å². The van der Waals surface area contributed by atoms with E-state index in [4.69, 9.17) is 4.74 Å². The quantitative estimate of drug-likeness (QED) is 0.208. The minimum atomic E-state index is -1.59. The summed E-state index contributed by atoms with van der Waals surface area (Å²) in [4.78, 5) is 48.3. The topological polar surface area (TPSA) is 145 Å². The Balaban J connectivity index is 1.30. The Morgan fingerprint density at radius 2 is 1.61 bits per heavy atom. The van der Waals surface area contributed by atoms with E-state index < -0.39 is 29.6 Å². The number of rotatable bonds is 9. The van der Waals surface area contributed by atoms with Gasteiger partial charge in [0.2, 0.25) is 17.6 Å². The first-order valence-electron chi connectivity index (χ1n) is 12.9. The lowest BCUT2D eigenvalue weighted by Crippen LogP contribution is -2.42. The Labute approximate surface area is 221 Å². The summed E-state index contributed by atoms with van der Waals surface area (Å²) in [5.41, 5.74) is -1.69. The van der Waals surface area contributed by atoms with E-state index in [1.807, 2.05) is 6.08 Å². The van der Waals surface area contributed by atoms with Crippen LogP contribution in [0.4, 0.5) is 0 Å². The maximum Gasteiger partial charge on any atom is 0.248 e. The first-order valence-corrected chi connectivity index (χ1v) is 12.9. The fourth-order valence-electron chi connectivity index (χ4n) is 4.74. The zero-order valence-corrected chi connectivity index (χ0v) is 21.0. The minimum Gasteiger partial charge on any atom is -0.510 e. The zero-order valence-electron chi connectivity index (χ0n) is 21.0. The summed E-state index contributed by atoms with van der Waals surface area (Å²) in [5.74, 6) is -1.32. The second-order valence-electron chi connectivity index (χ2n) is 9.76. The van der Waals surface area contributed by atoms with Crippen LogP contribution in [0.1, 0.15) is 44.9 Å². The molecule has 0 aromatic rings. The Morgan fingerprint density at radius 3 is 2.32 bits per heavy atom. The molecule has 0 unspecified atom stereocenters. The average Bonchev–Trinajstić information content (AvgIpc) is 3.66. The van der Waals surface area contributed by atoms with Crippen LogP contribution in [0, 0.1) is 5.92 Å². The molecule has 0 bridgehead atoms. The lowest BCUT2D eigenvalue weighted by Gasteiger charge is -2.23. The van der Waals surface area contributed by atoms with E-state index in [1.165, 1.54) is 74.6 Å². The van der Waals surface area contributed by atoms with E-state index in [1.54, 1.807) is 12.2 Å². The Morgan fingerprint density at radius 1 is 0.921 bits per heavy atom. The Kier molecular flexibility index (Phi) is 8.70. The maximum absolute atomic E-state index is 12.5. The van der Waals surface area contributed by atoms with Gasteiger partial charge >= 0.3 is 0 Å². The molecule has 200 valence electrons. The largest absolute Gasteiger partial charge is 0.510 e. The number of carbonyl (C=O) groups is 4. The molecule has 1 saturated heterocycles. The van der Waals surface area contributed by atoms with Gasteiger partial charge in [0.1, 0.15) is 23.2 Å². The molecule has 0 radical (unpaired) electrons. The van der Waals surface area contributed by atoms with Gasteiger partial charge in [-0.1, -0.05) is 61.8 Å². The highest BCUT2D eigenvalue weighted by molar-refractivity contribution is 6.06. The second kappa shape index (κ2) is 12.1. The number of hydrogen-bond donors (Lipinski definition) is 4. The number of carbonyl (C=O) groups excluding carboxylic acids is 4. The predicted octanol–water partition coefficient (Wildman–Crippen LogP) is 2.68. The molecule has 0 aromatic heterocycles. The average molecular weight is 521 g/mol. The van der Waals surface area contributed by atoms with Gasteiger partial charge < -0.3 is 25.6 Å². The predicted molar refractivity (Wildman–Crippen MR) is 139 cm³/mol. The van der Waals surface area contributed by atoms with Gasteiger partial charge in [-0.3, -0.25) is 19.2 Å². The summed E-state index contributed by atoms with van der Waals surface area (Å²) in [6.45, 7) is 0. The number of aliphatic hydroxyl groups is 2. The highest BCUT2D eigenvalue weighted by atomic mass is 16.6. The number of ether oxygens (including phenoxy) is 1. The maximum atomic E-state index is 12.5. The molecule has 1 heterocycles. The SMILES string of the molecule is O=C(/C=C/C=C/C1CCCCC1)NC1=C[C@@](O)(/C=C/C=C/C=C/C(=O)NC2=C(O)CCC2=O)[C@@H]2O[C@@H]2C1=O. The van der Waals surface area contributed by atoms with Gasteiger partial charge in [0, 0.05) is 25.0 Å². The van der Waals surface area contributed by atoms with Crippen molar-refractivity contribution in [3.63, 3.8) is 0 Å². The Bertz CT molecular complexity index is 1200. The van der Waals surface area contributed by atoms with Crippen LogP contribution >= 0.6 is 0 Å². The lowest BCUT2D eigenvalue weighted by atomic mass is 9.88. The third-order valence-electron chi connectivity index (χ3n) is 6.85. The van der Waals surface area contributed by atoms with Crippen LogP contribution in [-0.4, -0.2) is 51.4 Å². The fraction of sp³-hybridized carbons (Fsp3) is 0.379. The number of amides is 2. The number of epoxide rings is 1. The molecule has 0 aromatic carbocycles. The zero-order chi connectivity index (χ0) is 27.1. The minimum absolute atomic E-state index is 0.0265. The normalized spacial score (nSPS) is 28.3. The van der Waals surface area contributed by atoms with Gasteiger partial charge in [-0.15, -0.1) is 0 Å². The molecule has 2 fully saturated rings. The molecule has 1 aliphatic heterocycles. The number of Topliss-reactive ketones (excluding diaryl/α,β-unsaturated/α-hetero) is 2. The van der Waals surface area contributed by atoms with E-state index in [-0.39, 0.29) is 41.6 Å². The van der Waals surface area contributed by atoms with Crippen molar-refractivity contribution in [1.29, 1.82) is 0 Å². The number of nitrogens with one attached hydrogen (secondary N) is 2. The third kappa shape index (κ3) is 6.93. The van der Waals surface area contributed by atoms with Gasteiger partial charge in [-0.05, 0) is 30.9 Å². The molecule has 38 heavy (non-hydrogen) atoms. The first-order chi connectivity index (χ1) is 18.3. The monoisotopic (exact) mass is 520 g/mol. The third-order valence-corrected chi connectivity index (χ3v) is 6.85. The molecule has 4 aliphatic rings. The van der Waals surface area contributed by atoms with E-state index >= 15 is 0 Å². The van der Waals surface area contributed by atoms with Crippen molar-refractivity contribution >= 4 is 23.4 Å². The van der Waals surface area contributed by atoms with E-state index in [2.05, 4.69) is 16.7 Å². The number of aliphatic hydroxyl groups excluding tert-OH is 1. The number of ketones is 2. The highest BCUT2D eigenvalue weighted by Gasteiger charge is 2.59. The van der Waals surface area contributed by atoms with Crippen molar-refractivity contribution in [3.8, 4) is 0 Å². The van der Waals surface area contributed by atoms with Gasteiger partial charge in [0.05, 0.1) is 5.70 Å². The highest BCUT2D eigenvalue weighted by Crippen LogP contribution is 2.40. The lowest BCUT2D eigenvalue weighted by molar-refractivity contribution is -0.121. The molecule has 3 atom stereocenters. The molecule has 1 saturated carbocycles. The van der Waals surface area contributed by atoms with Crippen LogP contribution in [0.25, 0.3) is 0 Å². The summed E-state index contributed by atoms with van der Waals surface area (Å²) in [7, 11) is 0. The van der Waals surface area contributed by atoms with Crippen molar-refractivity contribution in [1.82, 2.24) is 10.6 Å². The number of allylic oxidation sites excluding steroid dienone is 9. The van der Waals surface area contributed by atoms with Crippen molar-refractivity contribution < 1.29 is 34.1 Å². The number of hydrogen-bond acceptors (Lipinski definition) is 7. The van der Waals surface area contributed by atoms with E-state index in [0.29, 0.717) is 5.92 Å². The van der Waals surface area contributed by atoms with Gasteiger partial charge in [0.25, 0.3) is 0 Å². The molecule has 2 amide bonds. The Hall–Kier alpha value is -3.82. The van der Waals surface area contributed by atoms with E-state index in [9.17, 15) is 29.4 Å². The van der Waals surface area contributed by atoms with Crippen LogP contribution in [0.3, 0.4) is 0 Å². The second-order valence-corrected chi connectivity index (χ2v) is 9.76. The van der Waals surface area contributed by atoms with Crippen molar-refractivity contribution in [2.75, 3.05) is 0 Å². The van der Waals surface area contributed by atoms with Crippen LogP contribution < -0.4 is 10.6 Å². The van der Waals surface area contributed by atoms with Crippen molar-refractivity contribution in [2.45, 2.75) is 62.8 Å².